The van der Waals surface area contributed by atoms with Gasteiger partial charge in [-0.1, -0.05) is 6.07 Å². The van der Waals surface area contributed by atoms with Gasteiger partial charge in [0.05, 0.1) is 0 Å². The fourth-order valence-electron chi connectivity index (χ4n) is 3.42. The summed E-state index contributed by atoms with van der Waals surface area (Å²) >= 11 is 0. The molecular weight excluding hydrogens is 332 g/mol. The number of rotatable bonds is 3. The van der Waals surface area contributed by atoms with E-state index in [1.165, 1.54) is 5.56 Å². The highest BCUT2D eigenvalue weighted by Gasteiger charge is 2.28. The molecule has 1 saturated heterocycles. The summed E-state index contributed by atoms with van der Waals surface area (Å²) in [6.45, 7) is 9.26. The van der Waals surface area contributed by atoms with Crippen LogP contribution in [-0.4, -0.2) is 60.9 Å². The van der Waals surface area contributed by atoms with E-state index in [0.29, 0.717) is 19.3 Å². The van der Waals surface area contributed by atoms with Crippen LogP contribution in [0.15, 0.2) is 18.2 Å². The highest BCUT2D eigenvalue weighted by atomic mass is 16.6. The molecule has 1 aromatic rings. The van der Waals surface area contributed by atoms with Crippen molar-refractivity contribution in [3.05, 3.63) is 23.8 Å². The lowest BCUT2D eigenvalue weighted by molar-refractivity contribution is 0.0153. The number of carbonyl (C=O) groups excluding carboxylic acids is 1. The summed E-state index contributed by atoms with van der Waals surface area (Å²) in [6, 6.07) is 6.62. The van der Waals surface area contributed by atoms with Crippen molar-refractivity contribution < 1.29 is 19.0 Å². The number of piperidine rings is 1. The molecule has 2 heterocycles. The lowest BCUT2D eigenvalue weighted by Gasteiger charge is -2.37. The molecule has 1 amide bonds. The van der Waals surface area contributed by atoms with Crippen LogP contribution in [0.3, 0.4) is 0 Å². The minimum atomic E-state index is -0.442. The van der Waals surface area contributed by atoms with Gasteiger partial charge in [0.15, 0.2) is 11.5 Å². The van der Waals surface area contributed by atoms with Gasteiger partial charge in [-0.25, -0.2) is 4.79 Å². The second kappa shape index (κ2) is 7.74. The fraction of sp³-hybridized carbons (Fsp3) is 0.650. The molecule has 2 aliphatic heterocycles. The monoisotopic (exact) mass is 362 g/mol. The van der Waals surface area contributed by atoms with Gasteiger partial charge < -0.3 is 19.1 Å². The van der Waals surface area contributed by atoms with Crippen molar-refractivity contribution in [3.63, 3.8) is 0 Å². The third-order valence-electron chi connectivity index (χ3n) is 4.78. The number of benzene rings is 1. The molecule has 0 N–H and O–H groups in total. The minimum Gasteiger partial charge on any atom is -0.486 e. The smallest absolute Gasteiger partial charge is 0.410 e. The third-order valence-corrected chi connectivity index (χ3v) is 4.78. The van der Waals surface area contributed by atoms with Crippen LogP contribution in [0, 0.1) is 0 Å². The summed E-state index contributed by atoms with van der Waals surface area (Å²) in [5.74, 6) is 1.66. The molecule has 0 saturated carbocycles. The lowest BCUT2D eigenvalue weighted by atomic mass is 10.0. The number of hydrogen-bond donors (Lipinski definition) is 0. The highest BCUT2D eigenvalue weighted by molar-refractivity contribution is 5.68. The number of amides is 1. The molecule has 0 atom stereocenters. The van der Waals surface area contributed by atoms with Crippen LogP contribution in [0.1, 0.15) is 39.2 Å². The largest absolute Gasteiger partial charge is 0.486 e. The van der Waals surface area contributed by atoms with Gasteiger partial charge in [0.25, 0.3) is 0 Å². The van der Waals surface area contributed by atoms with Gasteiger partial charge in [0.2, 0.25) is 0 Å². The van der Waals surface area contributed by atoms with Gasteiger partial charge in [-0.3, -0.25) is 4.90 Å². The molecule has 0 bridgehead atoms. The third kappa shape index (κ3) is 4.81. The Morgan fingerprint density at radius 2 is 1.85 bits per heavy atom. The van der Waals surface area contributed by atoms with Gasteiger partial charge in [-0.15, -0.1) is 0 Å². The summed E-state index contributed by atoms with van der Waals surface area (Å²) in [5.41, 5.74) is 0.773. The SMILES string of the molecule is CN(Cc1ccc2c(c1)OCCO2)C1CCN(C(=O)OC(C)(C)C)CC1. The predicted molar refractivity (Wildman–Crippen MR) is 99.7 cm³/mol. The van der Waals surface area contributed by atoms with Crippen LogP contribution in [0.4, 0.5) is 4.79 Å². The summed E-state index contributed by atoms with van der Waals surface area (Å²) in [6.07, 6.45) is 1.71. The Kier molecular flexibility index (Phi) is 5.61. The molecule has 0 unspecified atom stereocenters. The first-order valence-corrected chi connectivity index (χ1v) is 9.38. The van der Waals surface area contributed by atoms with E-state index in [1.54, 1.807) is 0 Å². The maximum Gasteiger partial charge on any atom is 0.410 e. The van der Waals surface area contributed by atoms with E-state index in [2.05, 4.69) is 24.1 Å². The molecule has 0 aromatic heterocycles. The molecule has 1 fully saturated rings. The Morgan fingerprint density at radius 1 is 1.19 bits per heavy atom. The molecule has 0 aliphatic carbocycles. The Hall–Kier alpha value is -1.95. The van der Waals surface area contributed by atoms with Crippen LogP contribution in [0.2, 0.25) is 0 Å². The van der Waals surface area contributed by atoms with Crippen molar-refractivity contribution in [2.75, 3.05) is 33.4 Å². The number of hydrogen-bond acceptors (Lipinski definition) is 5. The van der Waals surface area contributed by atoms with E-state index in [-0.39, 0.29) is 6.09 Å². The van der Waals surface area contributed by atoms with Crippen LogP contribution >= 0.6 is 0 Å². The van der Waals surface area contributed by atoms with Gasteiger partial charge in [-0.05, 0) is 58.4 Å². The Morgan fingerprint density at radius 3 is 2.50 bits per heavy atom. The van der Waals surface area contributed by atoms with E-state index >= 15 is 0 Å². The normalized spacial score (nSPS) is 18.1. The van der Waals surface area contributed by atoms with Crippen molar-refractivity contribution in [2.24, 2.45) is 0 Å². The molecule has 6 heteroatoms. The number of nitrogens with zero attached hydrogens (tertiary/aromatic N) is 2. The molecule has 2 aliphatic rings. The number of carbonyl (C=O) groups is 1. The van der Waals surface area contributed by atoms with E-state index in [0.717, 1.165) is 44.0 Å². The number of ether oxygens (including phenoxy) is 3. The van der Waals surface area contributed by atoms with Crippen molar-refractivity contribution in [1.82, 2.24) is 9.80 Å². The standard InChI is InChI=1S/C20H30N2O4/c1-20(2,3)26-19(23)22-9-7-16(8-10-22)21(4)14-15-5-6-17-18(13-15)25-12-11-24-17/h5-6,13,16H,7-12,14H2,1-4H3. The van der Waals surface area contributed by atoms with Crippen molar-refractivity contribution in [3.8, 4) is 11.5 Å². The summed E-state index contributed by atoms with van der Waals surface area (Å²) in [4.78, 5) is 16.4. The van der Waals surface area contributed by atoms with Crippen molar-refractivity contribution in [1.29, 1.82) is 0 Å². The van der Waals surface area contributed by atoms with E-state index < -0.39 is 5.60 Å². The first-order chi connectivity index (χ1) is 12.3. The Labute approximate surface area is 156 Å². The molecule has 1 aromatic carbocycles. The lowest BCUT2D eigenvalue weighted by Crippen LogP contribution is -2.46. The topological polar surface area (TPSA) is 51.2 Å². The van der Waals surface area contributed by atoms with Crippen LogP contribution in [0.5, 0.6) is 11.5 Å². The zero-order valence-corrected chi connectivity index (χ0v) is 16.3. The first-order valence-electron chi connectivity index (χ1n) is 9.38. The molecule has 6 nitrogen and oxygen atoms in total. The van der Waals surface area contributed by atoms with Crippen molar-refractivity contribution >= 4 is 6.09 Å². The van der Waals surface area contributed by atoms with Gasteiger partial charge in [0, 0.05) is 25.7 Å². The quantitative estimate of drug-likeness (QED) is 0.826. The zero-order valence-electron chi connectivity index (χ0n) is 16.3. The summed E-state index contributed by atoms with van der Waals surface area (Å²) in [5, 5.41) is 0. The van der Waals surface area contributed by atoms with E-state index in [9.17, 15) is 4.79 Å². The van der Waals surface area contributed by atoms with Crippen LogP contribution in [0.25, 0.3) is 0 Å². The number of fused-ring (bicyclic) bond motifs is 1. The minimum absolute atomic E-state index is 0.203. The Balaban J connectivity index is 1.51. The molecule has 3 rings (SSSR count). The molecule has 0 spiro atoms. The molecule has 0 radical (unpaired) electrons. The average molecular weight is 362 g/mol. The predicted octanol–water partition coefficient (Wildman–Crippen LogP) is 3.29. The molecule has 26 heavy (non-hydrogen) atoms. The maximum atomic E-state index is 12.2. The highest BCUT2D eigenvalue weighted by Crippen LogP contribution is 2.31. The molecular formula is C20H30N2O4. The second-order valence-electron chi connectivity index (χ2n) is 8.09. The van der Waals surface area contributed by atoms with Crippen molar-refractivity contribution in [2.45, 2.75) is 51.8 Å². The molecule has 144 valence electrons. The van der Waals surface area contributed by atoms with Crippen LogP contribution < -0.4 is 9.47 Å². The summed E-state index contributed by atoms with van der Waals surface area (Å²) in [7, 11) is 2.14. The second-order valence-corrected chi connectivity index (χ2v) is 8.09. The van der Waals surface area contributed by atoms with Gasteiger partial charge >= 0.3 is 6.09 Å². The zero-order chi connectivity index (χ0) is 18.7. The fourth-order valence-corrected chi connectivity index (χ4v) is 3.42. The summed E-state index contributed by atoms with van der Waals surface area (Å²) < 4.78 is 16.7. The average Bonchev–Trinajstić information content (AvgIpc) is 2.60. The van der Waals surface area contributed by atoms with E-state index in [4.69, 9.17) is 14.2 Å². The Bertz CT molecular complexity index is 633. The first kappa shape index (κ1) is 18.8. The van der Waals surface area contributed by atoms with E-state index in [1.807, 2.05) is 31.7 Å². The van der Waals surface area contributed by atoms with Gasteiger partial charge in [0.1, 0.15) is 18.8 Å². The number of likely N-dealkylation sites (tertiary alicyclic amines) is 1. The van der Waals surface area contributed by atoms with Crippen LogP contribution in [-0.2, 0) is 11.3 Å². The van der Waals surface area contributed by atoms with Gasteiger partial charge in [-0.2, -0.15) is 0 Å². The maximum absolute atomic E-state index is 12.2.